The molecule has 7 nitrogen and oxygen atoms in total. The fourth-order valence-electron chi connectivity index (χ4n) is 6.64. The maximum absolute atomic E-state index is 14.1. The van der Waals surface area contributed by atoms with E-state index in [4.69, 9.17) is 15.0 Å². The normalized spacial score (nSPS) is 14.9. The molecule has 1 aliphatic rings. The van der Waals surface area contributed by atoms with Gasteiger partial charge in [0.15, 0.2) is 11.3 Å². The van der Waals surface area contributed by atoms with Gasteiger partial charge in [0, 0.05) is 40.1 Å². The van der Waals surface area contributed by atoms with Crippen molar-refractivity contribution in [3.63, 3.8) is 0 Å². The fourth-order valence-corrected chi connectivity index (χ4v) is 6.64. The van der Waals surface area contributed by atoms with Crippen molar-refractivity contribution in [1.82, 2.24) is 28.7 Å². The molecular weight excluding hydrogens is 484 g/mol. The summed E-state index contributed by atoms with van der Waals surface area (Å²) in [5, 5.41) is 2.93. The summed E-state index contributed by atoms with van der Waals surface area (Å²) in [4.78, 5) is 29.0. The van der Waals surface area contributed by atoms with Crippen LogP contribution < -0.4 is 5.56 Å². The van der Waals surface area contributed by atoms with Gasteiger partial charge in [0.05, 0.1) is 11.0 Å². The third kappa shape index (κ3) is 3.22. The number of benzene rings is 3. The van der Waals surface area contributed by atoms with Crippen LogP contribution in [0.1, 0.15) is 45.1 Å². The number of nitrogens with zero attached hydrogens (tertiary/aromatic N) is 6. The Morgan fingerprint density at radius 1 is 0.821 bits per heavy atom. The first-order valence-corrected chi connectivity index (χ1v) is 13.9. The molecule has 0 amide bonds. The summed E-state index contributed by atoms with van der Waals surface area (Å²) in [6.45, 7) is 3.06. The van der Waals surface area contributed by atoms with Crippen molar-refractivity contribution >= 4 is 55.0 Å². The van der Waals surface area contributed by atoms with Crippen molar-refractivity contribution in [2.45, 2.75) is 51.6 Å². The molecule has 8 rings (SSSR count). The summed E-state index contributed by atoms with van der Waals surface area (Å²) < 4.78 is 6.21. The first-order valence-electron chi connectivity index (χ1n) is 13.9. The minimum atomic E-state index is -0.0242. The molecule has 0 spiro atoms. The van der Waals surface area contributed by atoms with Crippen LogP contribution in [0, 0.1) is 0 Å². The summed E-state index contributed by atoms with van der Waals surface area (Å²) in [5.74, 6) is 0. The van der Waals surface area contributed by atoms with Gasteiger partial charge in [0.25, 0.3) is 5.56 Å². The van der Waals surface area contributed by atoms with Crippen LogP contribution in [0.3, 0.4) is 0 Å². The lowest BCUT2D eigenvalue weighted by molar-refractivity contribution is 0.345. The molecule has 1 fully saturated rings. The maximum atomic E-state index is 14.1. The van der Waals surface area contributed by atoms with E-state index in [1.807, 2.05) is 33.4 Å². The summed E-state index contributed by atoms with van der Waals surface area (Å²) in [6.07, 6.45) is 7.29. The van der Waals surface area contributed by atoms with Gasteiger partial charge in [-0.3, -0.25) is 13.9 Å². The Kier molecular flexibility index (Phi) is 4.89. The van der Waals surface area contributed by atoms with E-state index in [1.165, 1.54) is 28.2 Å². The highest BCUT2D eigenvalue weighted by atomic mass is 16.1. The Labute approximate surface area is 224 Å². The monoisotopic (exact) mass is 512 g/mol. The lowest BCUT2D eigenvalue weighted by Gasteiger charge is -2.23. The number of hydrogen-bond acceptors (Lipinski definition) is 4. The van der Waals surface area contributed by atoms with Gasteiger partial charge in [-0.25, -0.2) is 15.0 Å². The molecule has 7 heteroatoms. The molecule has 7 aromatic rings. The molecule has 4 heterocycles. The van der Waals surface area contributed by atoms with E-state index in [2.05, 4.69) is 54.0 Å². The number of hydrogen-bond donors (Lipinski definition) is 0. The highest BCUT2D eigenvalue weighted by Gasteiger charge is 2.24. The summed E-state index contributed by atoms with van der Waals surface area (Å²) in [5.41, 5.74) is 6.76. The molecule has 0 N–H and O–H groups in total. The Hall–Kier alpha value is -4.52. The Morgan fingerprint density at radius 2 is 1.56 bits per heavy atom. The van der Waals surface area contributed by atoms with E-state index in [-0.39, 0.29) is 11.6 Å². The van der Waals surface area contributed by atoms with E-state index in [9.17, 15) is 4.79 Å². The number of para-hydroxylation sites is 3. The van der Waals surface area contributed by atoms with Crippen LogP contribution in [0.2, 0.25) is 0 Å². The first kappa shape index (κ1) is 22.5. The Balaban J connectivity index is 1.47. The van der Waals surface area contributed by atoms with E-state index >= 15 is 0 Å². The minimum Gasteiger partial charge on any atom is -0.341 e. The standard InChI is InChI=1S/C32H28N6O/c1-2-36-26-15-9-6-12-22(26)23-18-21(16-17-27(23)36)38-30-28(29-31(38)35-25-14-8-7-13-24(25)34-29)32(39)37(19-33-30)20-10-4-3-5-11-20/h6-9,12-20H,2-5,10-11H2,1H3. The molecule has 0 unspecified atom stereocenters. The molecule has 1 saturated carbocycles. The summed E-state index contributed by atoms with van der Waals surface area (Å²) in [7, 11) is 0. The maximum Gasteiger partial charge on any atom is 0.265 e. The van der Waals surface area contributed by atoms with Crippen LogP contribution in [-0.2, 0) is 6.54 Å². The molecule has 1 aliphatic carbocycles. The number of rotatable bonds is 3. The van der Waals surface area contributed by atoms with E-state index in [0.717, 1.165) is 48.9 Å². The predicted octanol–water partition coefficient (Wildman–Crippen LogP) is 6.92. The van der Waals surface area contributed by atoms with Crippen molar-refractivity contribution in [2.75, 3.05) is 0 Å². The molecule has 0 bridgehead atoms. The van der Waals surface area contributed by atoms with Gasteiger partial charge in [0.2, 0.25) is 0 Å². The SMILES string of the molecule is CCn1c2ccccc2c2cc(-n3c4nc5ccccc5nc4c4c(=O)n(C5CCCCC5)cnc43)ccc21. The molecule has 39 heavy (non-hydrogen) atoms. The molecule has 0 aliphatic heterocycles. The molecular formula is C32H28N6O. The van der Waals surface area contributed by atoms with E-state index in [0.29, 0.717) is 22.2 Å². The Bertz CT molecular complexity index is 2130. The lowest BCUT2D eigenvalue weighted by Crippen LogP contribution is -2.26. The van der Waals surface area contributed by atoms with Gasteiger partial charge >= 0.3 is 0 Å². The smallest absolute Gasteiger partial charge is 0.265 e. The topological polar surface area (TPSA) is 70.5 Å². The molecule has 0 saturated heterocycles. The Morgan fingerprint density at radius 3 is 2.38 bits per heavy atom. The average Bonchev–Trinajstić information content (AvgIpc) is 3.48. The van der Waals surface area contributed by atoms with Crippen molar-refractivity contribution in [1.29, 1.82) is 0 Å². The van der Waals surface area contributed by atoms with Crippen molar-refractivity contribution in [3.05, 3.63) is 83.4 Å². The number of aryl methyl sites for hydroxylation is 1. The minimum absolute atomic E-state index is 0.0242. The number of fused-ring (bicyclic) bond motifs is 7. The van der Waals surface area contributed by atoms with Crippen LogP contribution in [-0.4, -0.2) is 28.7 Å². The molecule has 192 valence electrons. The van der Waals surface area contributed by atoms with E-state index < -0.39 is 0 Å². The van der Waals surface area contributed by atoms with Gasteiger partial charge < -0.3 is 4.57 Å². The molecule has 3 aromatic carbocycles. The van der Waals surface area contributed by atoms with Crippen LogP contribution in [0.15, 0.2) is 77.9 Å². The molecule has 4 aromatic heterocycles. The fraction of sp³-hybridized carbons (Fsp3) is 0.250. The first-order chi connectivity index (χ1) is 19.2. The summed E-state index contributed by atoms with van der Waals surface area (Å²) >= 11 is 0. The van der Waals surface area contributed by atoms with Crippen LogP contribution in [0.25, 0.3) is 60.7 Å². The average molecular weight is 513 g/mol. The van der Waals surface area contributed by atoms with Crippen LogP contribution in [0.4, 0.5) is 0 Å². The van der Waals surface area contributed by atoms with Crippen LogP contribution >= 0.6 is 0 Å². The summed E-state index contributed by atoms with van der Waals surface area (Å²) in [6, 6.07) is 23.0. The highest BCUT2D eigenvalue weighted by Crippen LogP contribution is 2.34. The molecule has 0 atom stereocenters. The zero-order valence-electron chi connectivity index (χ0n) is 21.8. The second-order valence-electron chi connectivity index (χ2n) is 10.6. The molecule has 0 radical (unpaired) electrons. The quantitative estimate of drug-likeness (QED) is 0.258. The van der Waals surface area contributed by atoms with E-state index in [1.54, 1.807) is 6.33 Å². The zero-order chi connectivity index (χ0) is 26.1. The second-order valence-corrected chi connectivity index (χ2v) is 10.6. The largest absolute Gasteiger partial charge is 0.341 e. The second kappa shape index (κ2) is 8.50. The third-order valence-corrected chi connectivity index (χ3v) is 8.49. The van der Waals surface area contributed by atoms with Crippen LogP contribution in [0.5, 0.6) is 0 Å². The zero-order valence-corrected chi connectivity index (χ0v) is 21.8. The third-order valence-electron chi connectivity index (χ3n) is 8.49. The lowest BCUT2D eigenvalue weighted by atomic mass is 9.95. The highest BCUT2D eigenvalue weighted by molar-refractivity contribution is 6.10. The van der Waals surface area contributed by atoms with Gasteiger partial charge in [-0.2, -0.15) is 0 Å². The van der Waals surface area contributed by atoms with Crippen molar-refractivity contribution in [2.24, 2.45) is 0 Å². The van der Waals surface area contributed by atoms with Gasteiger partial charge in [-0.1, -0.05) is 49.6 Å². The predicted molar refractivity (Wildman–Crippen MR) is 157 cm³/mol. The van der Waals surface area contributed by atoms with Crippen molar-refractivity contribution < 1.29 is 0 Å². The van der Waals surface area contributed by atoms with Gasteiger partial charge in [-0.15, -0.1) is 0 Å². The number of aromatic nitrogens is 6. The van der Waals surface area contributed by atoms with Gasteiger partial charge in [0.1, 0.15) is 17.2 Å². The van der Waals surface area contributed by atoms with Crippen molar-refractivity contribution in [3.8, 4) is 5.69 Å². The van der Waals surface area contributed by atoms with Gasteiger partial charge in [-0.05, 0) is 56.2 Å².